The molecule has 1 aromatic heterocycles. The second kappa shape index (κ2) is 6.22. The molecule has 0 fully saturated rings. The van der Waals surface area contributed by atoms with Crippen LogP contribution < -0.4 is 5.32 Å². The molecule has 22 heavy (non-hydrogen) atoms. The molecule has 1 amide bonds. The Hall–Kier alpha value is -2.30. The van der Waals surface area contributed by atoms with E-state index in [-0.39, 0.29) is 18.7 Å². The minimum Gasteiger partial charge on any atom is -0.481 e. The van der Waals surface area contributed by atoms with Crippen LogP contribution in [0.15, 0.2) is 24.4 Å². The highest BCUT2D eigenvalue weighted by Crippen LogP contribution is 2.22. The van der Waals surface area contributed by atoms with Gasteiger partial charge in [-0.3, -0.25) is 9.59 Å². The van der Waals surface area contributed by atoms with Crippen molar-refractivity contribution >= 4 is 22.8 Å². The average Bonchev–Trinajstić information content (AvgIpc) is 2.81. The first-order valence-electron chi connectivity index (χ1n) is 7.37. The van der Waals surface area contributed by atoms with Crippen molar-refractivity contribution in [2.75, 3.05) is 0 Å². The first-order chi connectivity index (χ1) is 10.3. The number of carboxylic acid groups (broad SMARTS) is 1. The van der Waals surface area contributed by atoms with Crippen LogP contribution in [0.5, 0.6) is 0 Å². The zero-order chi connectivity index (χ0) is 16.3. The molecule has 1 heterocycles. The molecule has 5 nitrogen and oxygen atoms in total. The van der Waals surface area contributed by atoms with Crippen molar-refractivity contribution in [1.82, 2.24) is 10.3 Å². The molecular formula is C17H22N2O3. The molecule has 2 rings (SSSR count). The fourth-order valence-electron chi connectivity index (χ4n) is 2.59. The van der Waals surface area contributed by atoms with Crippen LogP contribution in [0.4, 0.5) is 0 Å². The van der Waals surface area contributed by atoms with E-state index in [1.54, 1.807) is 0 Å². The van der Waals surface area contributed by atoms with Gasteiger partial charge in [-0.1, -0.05) is 18.2 Å². The standard InChI is InChI=1S/C17H22N2O3/c1-11-5-4-6-13-12(10-18-16(11)13)9-14(20)19-17(2,3)8-7-15(21)22/h4-6,10,18H,7-9H2,1-3H3,(H,19,20)(H,21,22). The van der Waals surface area contributed by atoms with Crippen LogP contribution in [-0.4, -0.2) is 27.5 Å². The number of para-hydroxylation sites is 1. The maximum Gasteiger partial charge on any atom is 0.303 e. The molecule has 0 bridgehead atoms. The number of amides is 1. The van der Waals surface area contributed by atoms with Crippen LogP contribution in [0.1, 0.15) is 37.8 Å². The molecule has 0 radical (unpaired) electrons. The first kappa shape index (κ1) is 16.1. The summed E-state index contributed by atoms with van der Waals surface area (Å²) in [7, 11) is 0. The molecule has 0 aliphatic heterocycles. The number of nitrogens with one attached hydrogen (secondary N) is 2. The van der Waals surface area contributed by atoms with Crippen LogP contribution in [0.25, 0.3) is 10.9 Å². The predicted octanol–water partition coefficient (Wildman–Crippen LogP) is 2.78. The second-order valence-electron chi connectivity index (χ2n) is 6.31. The van der Waals surface area contributed by atoms with Gasteiger partial charge in [0, 0.05) is 29.1 Å². The fourth-order valence-corrected chi connectivity index (χ4v) is 2.59. The maximum atomic E-state index is 12.2. The lowest BCUT2D eigenvalue weighted by molar-refractivity contribution is -0.137. The highest BCUT2D eigenvalue weighted by molar-refractivity contribution is 5.90. The number of aliphatic carboxylic acids is 1. The molecule has 2 aromatic rings. The van der Waals surface area contributed by atoms with Gasteiger partial charge in [-0.25, -0.2) is 0 Å². The molecule has 0 aliphatic rings. The summed E-state index contributed by atoms with van der Waals surface area (Å²) in [4.78, 5) is 26.1. The number of H-pyrrole nitrogens is 1. The minimum absolute atomic E-state index is 0.0412. The van der Waals surface area contributed by atoms with Gasteiger partial charge in [0.15, 0.2) is 0 Å². The van der Waals surface area contributed by atoms with Crippen molar-refractivity contribution in [2.24, 2.45) is 0 Å². The number of carbonyl (C=O) groups is 2. The lowest BCUT2D eigenvalue weighted by Gasteiger charge is -2.25. The van der Waals surface area contributed by atoms with E-state index in [0.29, 0.717) is 6.42 Å². The summed E-state index contributed by atoms with van der Waals surface area (Å²) in [5, 5.41) is 12.7. The molecule has 0 atom stereocenters. The number of aromatic nitrogens is 1. The summed E-state index contributed by atoms with van der Waals surface area (Å²) in [6, 6.07) is 6.00. The smallest absolute Gasteiger partial charge is 0.303 e. The number of fused-ring (bicyclic) bond motifs is 1. The van der Waals surface area contributed by atoms with Crippen LogP contribution in [0.2, 0.25) is 0 Å². The minimum atomic E-state index is -0.852. The van der Waals surface area contributed by atoms with Crippen LogP contribution in [0, 0.1) is 6.92 Å². The molecule has 0 saturated carbocycles. The number of carboxylic acids is 1. The van der Waals surface area contributed by atoms with Gasteiger partial charge < -0.3 is 15.4 Å². The number of hydrogen-bond donors (Lipinski definition) is 3. The van der Waals surface area contributed by atoms with Gasteiger partial charge in [0.05, 0.1) is 6.42 Å². The van der Waals surface area contributed by atoms with E-state index >= 15 is 0 Å². The van der Waals surface area contributed by atoms with Crippen molar-refractivity contribution in [3.8, 4) is 0 Å². The second-order valence-corrected chi connectivity index (χ2v) is 6.31. The Morgan fingerprint density at radius 2 is 2.05 bits per heavy atom. The van der Waals surface area contributed by atoms with E-state index in [4.69, 9.17) is 5.11 Å². The molecule has 0 spiro atoms. The van der Waals surface area contributed by atoms with E-state index < -0.39 is 11.5 Å². The average molecular weight is 302 g/mol. The summed E-state index contributed by atoms with van der Waals surface area (Å²) >= 11 is 0. The van der Waals surface area contributed by atoms with Gasteiger partial charge in [-0.2, -0.15) is 0 Å². The van der Waals surface area contributed by atoms with Crippen molar-refractivity contribution in [2.45, 2.75) is 45.6 Å². The van der Waals surface area contributed by atoms with Crippen LogP contribution in [0.3, 0.4) is 0 Å². The van der Waals surface area contributed by atoms with Crippen molar-refractivity contribution in [1.29, 1.82) is 0 Å². The fraction of sp³-hybridized carbons (Fsp3) is 0.412. The van der Waals surface area contributed by atoms with Crippen molar-refractivity contribution in [3.05, 3.63) is 35.5 Å². The third-order valence-electron chi connectivity index (χ3n) is 3.80. The zero-order valence-corrected chi connectivity index (χ0v) is 13.2. The van der Waals surface area contributed by atoms with Crippen LogP contribution >= 0.6 is 0 Å². The topological polar surface area (TPSA) is 82.2 Å². The van der Waals surface area contributed by atoms with Crippen LogP contribution in [-0.2, 0) is 16.0 Å². The number of benzene rings is 1. The predicted molar refractivity (Wildman–Crippen MR) is 85.8 cm³/mol. The third kappa shape index (κ3) is 3.87. The third-order valence-corrected chi connectivity index (χ3v) is 3.80. The molecule has 0 unspecified atom stereocenters. The SMILES string of the molecule is Cc1cccc2c(CC(=O)NC(C)(C)CCC(=O)O)c[nH]c12. The van der Waals surface area contributed by atoms with E-state index in [1.807, 2.05) is 45.2 Å². The number of aryl methyl sites for hydroxylation is 1. The van der Waals surface area contributed by atoms with Gasteiger partial charge in [0.2, 0.25) is 5.91 Å². The largest absolute Gasteiger partial charge is 0.481 e. The Bertz CT molecular complexity index is 701. The highest BCUT2D eigenvalue weighted by Gasteiger charge is 2.22. The number of rotatable bonds is 6. The zero-order valence-electron chi connectivity index (χ0n) is 13.2. The van der Waals surface area contributed by atoms with Gasteiger partial charge in [-0.15, -0.1) is 0 Å². The molecule has 5 heteroatoms. The molecule has 1 aromatic carbocycles. The quantitative estimate of drug-likeness (QED) is 0.767. The Labute approximate surface area is 129 Å². The molecule has 0 aliphatic carbocycles. The van der Waals surface area contributed by atoms with Crippen molar-refractivity contribution < 1.29 is 14.7 Å². The Morgan fingerprint density at radius 1 is 1.32 bits per heavy atom. The summed E-state index contributed by atoms with van der Waals surface area (Å²) in [5.74, 6) is -0.952. The summed E-state index contributed by atoms with van der Waals surface area (Å²) in [5.41, 5.74) is 2.61. The van der Waals surface area contributed by atoms with Gasteiger partial charge in [0.1, 0.15) is 0 Å². The Kier molecular flexibility index (Phi) is 4.54. The summed E-state index contributed by atoms with van der Waals surface area (Å²) < 4.78 is 0. The van der Waals surface area contributed by atoms with E-state index in [2.05, 4.69) is 10.3 Å². The number of carbonyl (C=O) groups excluding carboxylic acids is 1. The molecule has 0 saturated heterocycles. The summed E-state index contributed by atoms with van der Waals surface area (Å²) in [6.45, 7) is 5.71. The van der Waals surface area contributed by atoms with Gasteiger partial charge >= 0.3 is 5.97 Å². The molecule has 118 valence electrons. The maximum absolute atomic E-state index is 12.2. The van der Waals surface area contributed by atoms with Gasteiger partial charge in [0.25, 0.3) is 0 Å². The summed E-state index contributed by atoms with van der Waals surface area (Å²) in [6.07, 6.45) is 2.59. The van der Waals surface area contributed by atoms with Crippen molar-refractivity contribution in [3.63, 3.8) is 0 Å². The Morgan fingerprint density at radius 3 is 2.73 bits per heavy atom. The van der Waals surface area contributed by atoms with Gasteiger partial charge in [-0.05, 0) is 38.3 Å². The van der Waals surface area contributed by atoms with E-state index in [9.17, 15) is 9.59 Å². The normalized spacial score (nSPS) is 11.6. The molecule has 3 N–H and O–H groups in total. The Balaban J connectivity index is 2.05. The monoisotopic (exact) mass is 302 g/mol. The number of hydrogen-bond acceptors (Lipinski definition) is 2. The lowest BCUT2D eigenvalue weighted by atomic mass is 9.97. The molecular weight excluding hydrogens is 280 g/mol. The lowest BCUT2D eigenvalue weighted by Crippen LogP contribution is -2.44. The highest BCUT2D eigenvalue weighted by atomic mass is 16.4. The first-order valence-corrected chi connectivity index (χ1v) is 7.37. The number of aromatic amines is 1. The van der Waals surface area contributed by atoms with E-state index in [0.717, 1.165) is 22.0 Å². The van der Waals surface area contributed by atoms with E-state index in [1.165, 1.54) is 0 Å².